The van der Waals surface area contributed by atoms with Crippen LogP contribution in [0.3, 0.4) is 0 Å². The molecule has 0 aliphatic rings. The van der Waals surface area contributed by atoms with Crippen LogP contribution in [0.2, 0.25) is 0 Å². The van der Waals surface area contributed by atoms with Crippen molar-refractivity contribution in [3.63, 3.8) is 0 Å². The predicted octanol–water partition coefficient (Wildman–Crippen LogP) is 4.46. The van der Waals surface area contributed by atoms with Crippen LogP contribution in [-0.2, 0) is 0 Å². The van der Waals surface area contributed by atoms with Gasteiger partial charge >= 0.3 is 0 Å². The van der Waals surface area contributed by atoms with Gasteiger partial charge in [0.1, 0.15) is 11.6 Å². The molecule has 0 atom stereocenters. The molecule has 0 saturated carbocycles. The Kier molecular flexibility index (Phi) is 5.21. The molecule has 0 aliphatic carbocycles. The number of hydrogen-bond acceptors (Lipinski definition) is 5. The van der Waals surface area contributed by atoms with Gasteiger partial charge in [-0.2, -0.15) is 5.10 Å². The summed E-state index contributed by atoms with van der Waals surface area (Å²) in [6, 6.07) is 17.6. The van der Waals surface area contributed by atoms with Crippen LogP contribution in [0.1, 0.15) is 21.7 Å². The maximum atomic E-state index is 13.0. The van der Waals surface area contributed by atoms with Gasteiger partial charge in [0.2, 0.25) is 5.88 Å². The first-order valence-electron chi connectivity index (χ1n) is 9.20. The van der Waals surface area contributed by atoms with Crippen molar-refractivity contribution in [1.82, 2.24) is 20.0 Å². The van der Waals surface area contributed by atoms with Gasteiger partial charge in [0.05, 0.1) is 5.69 Å². The van der Waals surface area contributed by atoms with Crippen LogP contribution in [0, 0.1) is 19.7 Å². The van der Waals surface area contributed by atoms with Crippen molar-refractivity contribution in [2.24, 2.45) is 0 Å². The molecule has 2 heterocycles. The van der Waals surface area contributed by atoms with E-state index >= 15 is 0 Å². The number of nitrogens with zero attached hydrogens (tertiary/aromatic N) is 4. The molecule has 0 spiro atoms. The van der Waals surface area contributed by atoms with Crippen LogP contribution in [0.5, 0.6) is 11.6 Å². The summed E-state index contributed by atoms with van der Waals surface area (Å²) < 4.78 is 20.4. The number of anilines is 1. The van der Waals surface area contributed by atoms with E-state index in [2.05, 4.69) is 20.6 Å². The highest BCUT2D eigenvalue weighted by Crippen LogP contribution is 2.22. The van der Waals surface area contributed by atoms with Crippen molar-refractivity contribution in [2.45, 2.75) is 13.8 Å². The average Bonchev–Trinajstić information content (AvgIpc) is 3.08. The van der Waals surface area contributed by atoms with Crippen LogP contribution in [-0.4, -0.2) is 25.9 Å². The van der Waals surface area contributed by atoms with Crippen LogP contribution in [0.25, 0.3) is 5.82 Å². The minimum absolute atomic E-state index is 0.325. The number of nitrogens with one attached hydrogen (secondary N) is 1. The zero-order chi connectivity index (χ0) is 21.1. The Morgan fingerprint density at radius 2 is 1.70 bits per heavy atom. The first kappa shape index (κ1) is 19.3. The van der Waals surface area contributed by atoms with E-state index in [4.69, 9.17) is 4.74 Å². The summed E-state index contributed by atoms with van der Waals surface area (Å²) in [5.41, 5.74) is 2.83. The number of benzene rings is 2. The van der Waals surface area contributed by atoms with Crippen LogP contribution in [0.4, 0.5) is 10.1 Å². The van der Waals surface area contributed by atoms with E-state index in [1.807, 2.05) is 19.9 Å². The van der Waals surface area contributed by atoms with Crippen molar-refractivity contribution in [1.29, 1.82) is 0 Å². The maximum Gasteiger partial charge on any atom is 0.255 e. The van der Waals surface area contributed by atoms with Gasteiger partial charge in [-0.3, -0.25) is 4.79 Å². The lowest BCUT2D eigenvalue weighted by atomic mass is 10.2. The summed E-state index contributed by atoms with van der Waals surface area (Å²) in [5, 5.41) is 15.4. The lowest BCUT2D eigenvalue weighted by Gasteiger charge is -2.08. The molecule has 0 aliphatic heterocycles. The fraction of sp³-hybridized carbons (Fsp3) is 0.0909. The number of aryl methyl sites for hydroxylation is 2. The van der Waals surface area contributed by atoms with Gasteiger partial charge in [0.15, 0.2) is 5.82 Å². The minimum Gasteiger partial charge on any atom is -0.438 e. The summed E-state index contributed by atoms with van der Waals surface area (Å²) >= 11 is 0. The van der Waals surface area contributed by atoms with Crippen LogP contribution in [0.15, 0.2) is 66.7 Å². The van der Waals surface area contributed by atoms with Crippen molar-refractivity contribution in [3.05, 3.63) is 89.5 Å². The lowest BCUT2D eigenvalue weighted by molar-refractivity contribution is 0.102. The topological polar surface area (TPSA) is 81.9 Å². The fourth-order valence-corrected chi connectivity index (χ4v) is 2.87. The molecule has 4 rings (SSSR count). The second kappa shape index (κ2) is 8.12. The normalized spacial score (nSPS) is 10.6. The molecule has 8 heteroatoms. The smallest absolute Gasteiger partial charge is 0.255 e. The summed E-state index contributed by atoms with van der Waals surface area (Å²) in [6.45, 7) is 3.86. The van der Waals surface area contributed by atoms with E-state index in [0.717, 1.165) is 11.4 Å². The minimum atomic E-state index is -0.390. The van der Waals surface area contributed by atoms with E-state index in [1.54, 1.807) is 41.1 Å². The summed E-state index contributed by atoms with van der Waals surface area (Å²) in [6.07, 6.45) is 0. The lowest BCUT2D eigenvalue weighted by Crippen LogP contribution is -2.11. The third-order valence-electron chi connectivity index (χ3n) is 4.29. The predicted molar refractivity (Wildman–Crippen MR) is 109 cm³/mol. The summed E-state index contributed by atoms with van der Waals surface area (Å²) in [4.78, 5) is 12.2. The van der Waals surface area contributed by atoms with Crippen molar-refractivity contribution in [3.8, 4) is 17.4 Å². The number of aromatic nitrogens is 4. The molecule has 1 N–H and O–H groups in total. The molecule has 30 heavy (non-hydrogen) atoms. The molecule has 4 aromatic rings. The van der Waals surface area contributed by atoms with Gasteiger partial charge in [-0.1, -0.05) is 0 Å². The number of carbonyl (C=O) groups excluding carboxylic acids is 1. The SMILES string of the molecule is Cc1cc(C)n(-c2ccc(Oc3ccc(NC(=O)c4ccc(F)cc4)cc3)nn2)n1. The Morgan fingerprint density at radius 3 is 2.30 bits per heavy atom. The number of ether oxygens (including phenoxy) is 1. The summed E-state index contributed by atoms with van der Waals surface area (Å²) in [7, 11) is 0. The maximum absolute atomic E-state index is 13.0. The van der Waals surface area contributed by atoms with E-state index in [-0.39, 0.29) is 11.7 Å². The highest BCUT2D eigenvalue weighted by atomic mass is 19.1. The molecule has 0 radical (unpaired) electrons. The Hall–Kier alpha value is -4.07. The Balaban J connectivity index is 1.40. The highest BCUT2D eigenvalue weighted by Gasteiger charge is 2.08. The van der Waals surface area contributed by atoms with E-state index in [9.17, 15) is 9.18 Å². The Morgan fingerprint density at radius 1 is 0.967 bits per heavy atom. The number of rotatable bonds is 5. The molecule has 2 aromatic heterocycles. The highest BCUT2D eigenvalue weighted by molar-refractivity contribution is 6.04. The number of carbonyl (C=O) groups is 1. The largest absolute Gasteiger partial charge is 0.438 e. The molecular formula is C22H18FN5O2. The van der Waals surface area contributed by atoms with Gasteiger partial charge in [0.25, 0.3) is 5.91 Å². The van der Waals surface area contributed by atoms with Gasteiger partial charge in [-0.05, 0) is 74.5 Å². The molecule has 150 valence electrons. The van der Waals surface area contributed by atoms with Crippen molar-refractivity contribution < 1.29 is 13.9 Å². The van der Waals surface area contributed by atoms with Crippen molar-refractivity contribution >= 4 is 11.6 Å². The molecule has 7 nitrogen and oxygen atoms in total. The quantitative estimate of drug-likeness (QED) is 0.532. The van der Waals surface area contributed by atoms with E-state index in [0.29, 0.717) is 28.7 Å². The monoisotopic (exact) mass is 403 g/mol. The molecular weight excluding hydrogens is 385 g/mol. The van der Waals surface area contributed by atoms with Gasteiger partial charge < -0.3 is 10.1 Å². The van der Waals surface area contributed by atoms with E-state index in [1.165, 1.54) is 24.3 Å². The number of hydrogen-bond donors (Lipinski definition) is 1. The standard InChI is InChI=1S/C22H18FN5O2/c1-14-13-15(2)28(27-14)20-11-12-21(26-25-20)30-19-9-7-18(8-10-19)24-22(29)16-3-5-17(23)6-4-16/h3-13H,1-2H3,(H,24,29). The van der Waals surface area contributed by atoms with E-state index < -0.39 is 0 Å². The average molecular weight is 403 g/mol. The van der Waals surface area contributed by atoms with Gasteiger partial charge in [0, 0.05) is 23.0 Å². The fourth-order valence-electron chi connectivity index (χ4n) is 2.87. The Bertz CT molecular complexity index is 1170. The third kappa shape index (κ3) is 4.33. The van der Waals surface area contributed by atoms with Crippen LogP contribution < -0.4 is 10.1 Å². The molecule has 0 saturated heterocycles. The molecule has 0 fully saturated rings. The number of halogens is 1. The molecule has 0 unspecified atom stereocenters. The second-order valence-corrected chi connectivity index (χ2v) is 6.66. The summed E-state index contributed by atoms with van der Waals surface area (Å²) in [5.74, 6) is 0.770. The van der Waals surface area contributed by atoms with Crippen LogP contribution >= 0.6 is 0 Å². The molecule has 0 bridgehead atoms. The number of amides is 1. The first-order valence-corrected chi connectivity index (χ1v) is 9.20. The zero-order valence-corrected chi connectivity index (χ0v) is 16.3. The third-order valence-corrected chi connectivity index (χ3v) is 4.29. The van der Waals surface area contributed by atoms with Crippen molar-refractivity contribution in [2.75, 3.05) is 5.32 Å². The zero-order valence-electron chi connectivity index (χ0n) is 16.3. The second-order valence-electron chi connectivity index (χ2n) is 6.66. The van der Waals surface area contributed by atoms with Gasteiger partial charge in [-0.15, -0.1) is 10.2 Å². The molecule has 2 aromatic carbocycles. The first-order chi connectivity index (χ1) is 14.5. The Labute approximate surface area is 172 Å². The van der Waals surface area contributed by atoms with Gasteiger partial charge in [-0.25, -0.2) is 9.07 Å². The molecule has 1 amide bonds.